The summed E-state index contributed by atoms with van der Waals surface area (Å²) >= 11 is 0. The molecule has 1 rings (SSSR count). The summed E-state index contributed by atoms with van der Waals surface area (Å²) in [5, 5.41) is 12.5. The first kappa shape index (κ1) is 14.0. The van der Waals surface area contributed by atoms with Gasteiger partial charge in [-0.3, -0.25) is 0 Å². The highest BCUT2D eigenvalue weighted by Crippen LogP contribution is 2.13. The van der Waals surface area contributed by atoms with E-state index in [-0.39, 0.29) is 12.6 Å². The van der Waals surface area contributed by atoms with E-state index in [4.69, 9.17) is 15.6 Å². The standard InChI is InChI=1S/C13H22N2O2/c1-17-10-13(6-3-7-14)15-12-5-2-4-11(8-12)9-16/h2,4-5,8,13,15-16H,3,6-7,9-10,14H2,1H3. The number of rotatable bonds is 8. The summed E-state index contributed by atoms with van der Waals surface area (Å²) < 4.78 is 5.18. The average Bonchev–Trinajstić information content (AvgIpc) is 2.36. The molecule has 0 radical (unpaired) electrons. The second kappa shape index (κ2) is 8.06. The maximum absolute atomic E-state index is 9.07. The molecule has 0 bridgehead atoms. The molecule has 0 amide bonds. The van der Waals surface area contributed by atoms with Crippen LogP contribution in [0.1, 0.15) is 18.4 Å². The topological polar surface area (TPSA) is 67.5 Å². The minimum atomic E-state index is 0.0628. The molecule has 1 unspecified atom stereocenters. The van der Waals surface area contributed by atoms with Gasteiger partial charge < -0.3 is 20.9 Å². The minimum absolute atomic E-state index is 0.0628. The van der Waals surface area contributed by atoms with Crippen LogP contribution in [0.4, 0.5) is 5.69 Å². The summed E-state index contributed by atoms with van der Waals surface area (Å²) in [4.78, 5) is 0. The van der Waals surface area contributed by atoms with Crippen molar-refractivity contribution in [2.45, 2.75) is 25.5 Å². The first-order valence-corrected chi connectivity index (χ1v) is 5.95. The van der Waals surface area contributed by atoms with Crippen LogP contribution in [0, 0.1) is 0 Å². The SMILES string of the molecule is COCC(CCCN)Nc1cccc(CO)c1. The third-order valence-corrected chi connectivity index (χ3v) is 2.60. The van der Waals surface area contributed by atoms with E-state index < -0.39 is 0 Å². The predicted molar refractivity (Wildman–Crippen MR) is 69.9 cm³/mol. The predicted octanol–water partition coefficient (Wildman–Crippen LogP) is 1.34. The molecule has 0 spiro atoms. The van der Waals surface area contributed by atoms with Crippen molar-refractivity contribution in [2.75, 3.05) is 25.6 Å². The quantitative estimate of drug-likeness (QED) is 0.639. The molecule has 0 saturated heterocycles. The van der Waals surface area contributed by atoms with E-state index in [9.17, 15) is 0 Å². The number of benzene rings is 1. The third-order valence-electron chi connectivity index (χ3n) is 2.60. The van der Waals surface area contributed by atoms with Gasteiger partial charge in [-0.1, -0.05) is 12.1 Å². The molecule has 0 heterocycles. The Hall–Kier alpha value is -1.10. The number of ether oxygens (including phenoxy) is 1. The molecule has 0 aliphatic heterocycles. The van der Waals surface area contributed by atoms with Gasteiger partial charge in [0.05, 0.1) is 13.2 Å². The number of hydrogen-bond acceptors (Lipinski definition) is 4. The van der Waals surface area contributed by atoms with E-state index >= 15 is 0 Å². The zero-order chi connectivity index (χ0) is 12.5. The number of hydrogen-bond donors (Lipinski definition) is 3. The molecule has 1 aromatic carbocycles. The Kier molecular flexibility index (Phi) is 6.62. The third kappa shape index (κ3) is 5.17. The number of nitrogens with one attached hydrogen (secondary N) is 1. The van der Waals surface area contributed by atoms with Crippen LogP contribution in [0.2, 0.25) is 0 Å². The summed E-state index contributed by atoms with van der Waals surface area (Å²) in [5.74, 6) is 0. The first-order chi connectivity index (χ1) is 8.30. The van der Waals surface area contributed by atoms with E-state index in [1.54, 1.807) is 7.11 Å². The Morgan fingerprint density at radius 3 is 2.94 bits per heavy atom. The van der Waals surface area contributed by atoms with Crippen LogP contribution in [0.25, 0.3) is 0 Å². The smallest absolute Gasteiger partial charge is 0.0682 e. The van der Waals surface area contributed by atoms with Crippen molar-refractivity contribution < 1.29 is 9.84 Å². The molecule has 0 aromatic heterocycles. The molecule has 17 heavy (non-hydrogen) atoms. The molecule has 1 atom stereocenters. The normalized spacial score (nSPS) is 12.4. The second-order valence-corrected chi connectivity index (χ2v) is 4.09. The van der Waals surface area contributed by atoms with Gasteiger partial charge in [-0.15, -0.1) is 0 Å². The maximum Gasteiger partial charge on any atom is 0.0682 e. The van der Waals surface area contributed by atoms with E-state index in [1.165, 1.54) is 0 Å². The van der Waals surface area contributed by atoms with Crippen molar-refractivity contribution in [2.24, 2.45) is 5.73 Å². The summed E-state index contributed by atoms with van der Waals surface area (Å²) in [7, 11) is 1.70. The molecular weight excluding hydrogens is 216 g/mol. The van der Waals surface area contributed by atoms with Crippen molar-refractivity contribution in [1.29, 1.82) is 0 Å². The zero-order valence-corrected chi connectivity index (χ0v) is 10.4. The summed E-state index contributed by atoms with van der Waals surface area (Å²) in [5.41, 5.74) is 7.43. The van der Waals surface area contributed by atoms with Gasteiger partial charge in [0.15, 0.2) is 0 Å². The second-order valence-electron chi connectivity index (χ2n) is 4.09. The van der Waals surface area contributed by atoms with Crippen LogP contribution in [0.5, 0.6) is 0 Å². The Bertz CT molecular complexity index is 318. The largest absolute Gasteiger partial charge is 0.392 e. The minimum Gasteiger partial charge on any atom is -0.392 e. The van der Waals surface area contributed by atoms with Crippen molar-refractivity contribution in [3.8, 4) is 0 Å². The van der Waals surface area contributed by atoms with Crippen LogP contribution in [0.15, 0.2) is 24.3 Å². The lowest BCUT2D eigenvalue weighted by atomic mass is 10.1. The van der Waals surface area contributed by atoms with E-state index in [0.717, 1.165) is 24.1 Å². The molecule has 0 saturated carbocycles. The molecule has 4 nitrogen and oxygen atoms in total. The lowest BCUT2D eigenvalue weighted by Gasteiger charge is -2.19. The van der Waals surface area contributed by atoms with Gasteiger partial charge in [-0.25, -0.2) is 0 Å². The molecular formula is C13H22N2O2. The summed E-state index contributed by atoms with van der Waals surface area (Å²) in [6.45, 7) is 1.41. The first-order valence-electron chi connectivity index (χ1n) is 5.95. The highest BCUT2D eigenvalue weighted by molar-refractivity contribution is 5.46. The highest BCUT2D eigenvalue weighted by atomic mass is 16.5. The van der Waals surface area contributed by atoms with Gasteiger partial charge in [0, 0.05) is 18.8 Å². The Morgan fingerprint density at radius 1 is 1.47 bits per heavy atom. The fourth-order valence-electron chi connectivity index (χ4n) is 1.76. The van der Waals surface area contributed by atoms with Crippen LogP contribution in [-0.2, 0) is 11.3 Å². The fraction of sp³-hybridized carbons (Fsp3) is 0.538. The van der Waals surface area contributed by atoms with Gasteiger partial charge in [0.25, 0.3) is 0 Å². The highest BCUT2D eigenvalue weighted by Gasteiger charge is 2.07. The Labute approximate surface area is 103 Å². The maximum atomic E-state index is 9.07. The fourth-order valence-corrected chi connectivity index (χ4v) is 1.76. The lowest BCUT2D eigenvalue weighted by Crippen LogP contribution is -2.25. The summed E-state index contributed by atoms with van der Waals surface area (Å²) in [6.07, 6.45) is 1.95. The average molecular weight is 238 g/mol. The number of nitrogens with two attached hydrogens (primary N) is 1. The van der Waals surface area contributed by atoms with Gasteiger partial charge in [0.2, 0.25) is 0 Å². The van der Waals surface area contributed by atoms with Crippen LogP contribution in [0.3, 0.4) is 0 Å². The summed E-state index contributed by atoms with van der Waals surface area (Å²) in [6, 6.07) is 8.03. The van der Waals surface area contributed by atoms with Gasteiger partial charge in [-0.2, -0.15) is 0 Å². The molecule has 0 aliphatic carbocycles. The number of anilines is 1. The lowest BCUT2D eigenvalue weighted by molar-refractivity contribution is 0.182. The monoisotopic (exact) mass is 238 g/mol. The molecule has 96 valence electrons. The Balaban J connectivity index is 2.57. The Morgan fingerprint density at radius 2 is 2.29 bits per heavy atom. The van der Waals surface area contributed by atoms with Gasteiger partial charge in [-0.05, 0) is 37.1 Å². The molecule has 1 aromatic rings. The van der Waals surface area contributed by atoms with Crippen molar-refractivity contribution in [3.05, 3.63) is 29.8 Å². The van der Waals surface area contributed by atoms with Crippen molar-refractivity contribution in [1.82, 2.24) is 0 Å². The zero-order valence-electron chi connectivity index (χ0n) is 10.4. The molecule has 4 N–H and O–H groups in total. The number of aliphatic hydroxyl groups excluding tert-OH is 1. The van der Waals surface area contributed by atoms with E-state index in [2.05, 4.69) is 5.32 Å². The molecule has 0 aliphatic rings. The van der Waals surface area contributed by atoms with Crippen molar-refractivity contribution in [3.63, 3.8) is 0 Å². The number of aliphatic hydroxyl groups is 1. The van der Waals surface area contributed by atoms with Crippen LogP contribution >= 0.6 is 0 Å². The van der Waals surface area contributed by atoms with Gasteiger partial charge in [0.1, 0.15) is 0 Å². The van der Waals surface area contributed by atoms with Crippen LogP contribution in [-0.4, -0.2) is 31.4 Å². The van der Waals surface area contributed by atoms with Gasteiger partial charge >= 0.3 is 0 Å². The molecule has 0 fully saturated rings. The number of methoxy groups -OCH3 is 1. The van der Waals surface area contributed by atoms with Crippen LogP contribution < -0.4 is 11.1 Å². The molecule has 4 heteroatoms. The van der Waals surface area contributed by atoms with E-state index in [1.807, 2.05) is 24.3 Å². The van der Waals surface area contributed by atoms with E-state index in [0.29, 0.717) is 13.2 Å². The van der Waals surface area contributed by atoms with Crippen molar-refractivity contribution >= 4 is 5.69 Å².